The number of Topliss-reactive ketones (excluding diaryl/α,β-unsaturated/α-hetero) is 1. The van der Waals surface area contributed by atoms with Gasteiger partial charge in [0.2, 0.25) is 0 Å². The van der Waals surface area contributed by atoms with Crippen molar-refractivity contribution in [2.75, 3.05) is 0 Å². The molecule has 0 saturated heterocycles. The summed E-state index contributed by atoms with van der Waals surface area (Å²) in [6.45, 7) is 9.27. The van der Waals surface area contributed by atoms with Gasteiger partial charge >= 0.3 is 0 Å². The van der Waals surface area contributed by atoms with E-state index in [9.17, 15) is 14.7 Å². The fraction of sp³-hybridized carbons (Fsp3) is 0.792. The van der Waals surface area contributed by atoms with E-state index in [1.54, 1.807) is 6.92 Å². The monoisotopic (exact) mass is 404 g/mol. The minimum atomic E-state index is -0.875. The van der Waals surface area contributed by atoms with Crippen molar-refractivity contribution in [3.05, 3.63) is 11.6 Å². The van der Waals surface area contributed by atoms with Crippen molar-refractivity contribution in [2.45, 2.75) is 85.2 Å². The summed E-state index contributed by atoms with van der Waals surface area (Å²) in [6.07, 6.45) is 8.63. The third-order valence-electron chi connectivity index (χ3n) is 8.72. The zero-order valence-corrected chi connectivity index (χ0v) is 18.5. The van der Waals surface area contributed by atoms with Crippen LogP contribution in [0.4, 0.5) is 0 Å². The van der Waals surface area contributed by atoms with Crippen LogP contribution in [0.25, 0.3) is 0 Å². The summed E-state index contributed by atoms with van der Waals surface area (Å²) in [7, 11) is 0. The van der Waals surface area contributed by atoms with Crippen molar-refractivity contribution in [1.82, 2.24) is 0 Å². The van der Waals surface area contributed by atoms with Gasteiger partial charge in [0.25, 0.3) is 5.97 Å². The third kappa shape index (κ3) is 3.60. The van der Waals surface area contributed by atoms with Gasteiger partial charge < -0.3 is 10.2 Å². The fourth-order valence-electron chi connectivity index (χ4n) is 7.83. The van der Waals surface area contributed by atoms with Gasteiger partial charge in [-0.25, -0.2) is 0 Å². The SMILES string of the molecule is CC(=O)O.CC(=O)[C@H]1C(C)(O)C[C@H]2[C@@H]3CCC4=CC(=O)CC[C@]4(C)[C@H]3CC[C@@]21C. The van der Waals surface area contributed by atoms with Crippen LogP contribution in [0.5, 0.6) is 0 Å². The molecule has 5 heteroatoms. The minimum Gasteiger partial charge on any atom is -0.481 e. The molecule has 3 saturated carbocycles. The molecule has 0 heterocycles. The van der Waals surface area contributed by atoms with Crippen LogP contribution in [0, 0.1) is 34.5 Å². The van der Waals surface area contributed by atoms with Crippen LogP contribution >= 0.6 is 0 Å². The Morgan fingerprint density at radius 2 is 1.66 bits per heavy atom. The molecule has 0 aliphatic heterocycles. The van der Waals surface area contributed by atoms with E-state index < -0.39 is 11.6 Å². The van der Waals surface area contributed by atoms with Crippen LogP contribution < -0.4 is 0 Å². The number of carbonyl (C=O) groups is 3. The molecule has 0 aromatic carbocycles. The van der Waals surface area contributed by atoms with Gasteiger partial charge in [-0.3, -0.25) is 14.4 Å². The average molecular weight is 405 g/mol. The maximum atomic E-state index is 12.4. The Balaban J connectivity index is 0.000000552. The number of ketones is 2. The first-order valence-electron chi connectivity index (χ1n) is 11.0. The molecule has 1 unspecified atom stereocenters. The molecule has 5 nitrogen and oxygen atoms in total. The molecule has 0 aromatic heterocycles. The Morgan fingerprint density at radius 1 is 1.03 bits per heavy atom. The van der Waals surface area contributed by atoms with E-state index in [2.05, 4.69) is 13.8 Å². The lowest BCUT2D eigenvalue weighted by molar-refractivity contribution is -0.136. The second-order valence-corrected chi connectivity index (χ2v) is 10.6. The highest BCUT2D eigenvalue weighted by Gasteiger charge is 2.65. The van der Waals surface area contributed by atoms with Crippen molar-refractivity contribution in [3.63, 3.8) is 0 Å². The molecule has 4 rings (SSSR count). The largest absolute Gasteiger partial charge is 0.481 e. The molecule has 0 spiro atoms. The van der Waals surface area contributed by atoms with Gasteiger partial charge in [0.05, 0.1) is 11.5 Å². The summed E-state index contributed by atoms with van der Waals surface area (Å²) < 4.78 is 0. The van der Waals surface area contributed by atoms with E-state index in [1.165, 1.54) is 5.57 Å². The first-order chi connectivity index (χ1) is 13.3. The topological polar surface area (TPSA) is 91.7 Å². The van der Waals surface area contributed by atoms with E-state index in [1.807, 2.05) is 13.0 Å². The highest BCUT2D eigenvalue weighted by molar-refractivity contribution is 5.91. The van der Waals surface area contributed by atoms with Crippen molar-refractivity contribution in [3.8, 4) is 0 Å². The van der Waals surface area contributed by atoms with Gasteiger partial charge in [-0.1, -0.05) is 19.4 Å². The second-order valence-electron chi connectivity index (χ2n) is 10.6. The van der Waals surface area contributed by atoms with Crippen LogP contribution in [-0.2, 0) is 14.4 Å². The minimum absolute atomic E-state index is 0.0709. The maximum Gasteiger partial charge on any atom is 0.300 e. The Bertz CT molecular complexity index is 746. The molecule has 7 atom stereocenters. The summed E-state index contributed by atoms with van der Waals surface area (Å²) in [5.74, 6) is 0.978. The standard InChI is InChI=1S/C22H32O3.C2H4O2/c1-13(23)19-21(3)10-8-17-16(18(21)12-22(19,4)25)6-5-14-11-15(24)7-9-20(14,17)2;1-2(3)4/h11,16-19,25H,5-10,12H2,1-4H3;1H3,(H,3,4)/t16-,17+,18+,19-,20+,21+,22?;/m1./s1. The maximum absolute atomic E-state index is 12.4. The summed E-state index contributed by atoms with van der Waals surface area (Å²) in [4.78, 5) is 33.3. The van der Waals surface area contributed by atoms with E-state index in [4.69, 9.17) is 9.90 Å². The molecule has 0 amide bonds. The van der Waals surface area contributed by atoms with Crippen LogP contribution in [0.1, 0.15) is 79.6 Å². The van der Waals surface area contributed by atoms with Crippen molar-refractivity contribution >= 4 is 17.5 Å². The molecule has 4 aliphatic rings. The summed E-state index contributed by atoms with van der Waals surface area (Å²) in [5.41, 5.74) is 0.581. The normalized spacial score (nSPS) is 45.7. The Labute approximate surface area is 173 Å². The number of carboxylic acid groups (broad SMARTS) is 1. The smallest absolute Gasteiger partial charge is 0.300 e. The molecular weight excluding hydrogens is 368 g/mol. The van der Waals surface area contributed by atoms with Gasteiger partial charge in [-0.15, -0.1) is 0 Å². The van der Waals surface area contributed by atoms with Crippen LogP contribution in [-0.4, -0.2) is 33.3 Å². The van der Waals surface area contributed by atoms with Gasteiger partial charge in [0, 0.05) is 13.3 Å². The number of fused-ring (bicyclic) bond motifs is 5. The van der Waals surface area contributed by atoms with Crippen molar-refractivity contribution in [2.24, 2.45) is 34.5 Å². The first kappa shape index (κ1) is 22.2. The predicted molar refractivity (Wildman–Crippen MR) is 110 cm³/mol. The lowest BCUT2D eigenvalue weighted by Crippen LogP contribution is -2.51. The number of aliphatic hydroxyl groups is 1. The average Bonchev–Trinajstić information content (AvgIpc) is 2.80. The molecule has 0 radical (unpaired) electrons. The van der Waals surface area contributed by atoms with Crippen LogP contribution in [0.2, 0.25) is 0 Å². The second kappa shape index (κ2) is 7.33. The molecule has 0 aromatic rings. The molecular formula is C24H36O5. The fourth-order valence-corrected chi connectivity index (χ4v) is 7.83. The van der Waals surface area contributed by atoms with Crippen LogP contribution in [0.3, 0.4) is 0 Å². The highest BCUT2D eigenvalue weighted by atomic mass is 16.4. The Morgan fingerprint density at radius 3 is 2.24 bits per heavy atom. The molecule has 0 bridgehead atoms. The first-order valence-corrected chi connectivity index (χ1v) is 11.0. The van der Waals surface area contributed by atoms with E-state index >= 15 is 0 Å². The summed E-state index contributed by atoms with van der Waals surface area (Å²) in [5, 5.41) is 18.5. The number of aliphatic carboxylic acids is 1. The Hall–Kier alpha value is -1.49. The van der Waals surface area contributed by atoms with Crippen molar-refractivity contribution < 1.29 is 24.6 Å². The number of hydrogen-bond acceptors (Lipinski definition) is 4. The lowest BCUT2D eigenvalue weighted by atomic mass is 9.46. The van der Waals surface area contributed by atoms with Gasteiger partial charge in [0.15, 0.2) is 5.78 Å². The van der Waals surface area contributed by atoms with Crippen LogP contribution in [0.15, 0.2) is 11.6 Å². The third-order valence-corrected chi connectivity index (χ3v) is 8.72. The molecule has 29 heavy (non-hydrogen) atoms. The molecule has 162 valence electrons. The number of rotatable bonds is 1. The molecule has 3 fully saturated rings. The van der Waals surface area contributed by atoms with E-state index in [0.717, 1.165) is 45.4 Å². The van der Waals surface area contributed by atoms with Crippen molar-refractivity contribution in [1.29, 1.82) is 0 Å². The van der Waals surface area contributed by atoms with Gasteiger partial charge in [-0.05, 0) is 87.0 Å². The predicted octanol–water partition coefficient (Wildman–Crippen LogP) is 4.18. The number of carbonyl (C=O) groups excluding carboxylic acids is 2. The Kier molecular flexibility index (Phi) is 5.61. The quantitative estimate of drug-likeness (QED) is 0.684. The molecule has 4 aliphatic carbocycles. The zero-order valence-electron chi connectivity index (χ0n) is 18.5. The van der Waals surface area contributed by atoms with Gasteiger partial charge in [0.1, 0.15) is 5.78 Å². The molecule has 2 N–H and O–H groups in total. The number of hydrogen-bond donors (Lipinski definition) is 2. The summed E-state index contributed by atoms with van der Waals surface area (Å²) >= 11 is 0. The number of carboxylic acids is 1. The van der Waals surface area contributed by atoms with Gasteiger partial charge in [-0.2, -0.15) is 0 Å². The van der Waals surface area contributed by atoms with E-state index in [-0.39, 0.29) is 22.5 Å². The summed E-state index contributed by atoms with van der Waals surface area (Å²) in [6, 6.07) is 0. The zero-order chi connectivity index (χ0) is 21.8. The number of allylic oxidation sites excluding steroid dienone is 1. The lowest BCUT2D eigenvalue weighted by Gasteiger charge is -2.57. The highest BCUT2D eigenvalue weighted by Crippen LogP contribution is 2.68. The van der Waals surface area contributed by atoms with E-state index in [0.29, 0.717) is 30.0 Å².